The Kier molecular flexibility index (Phi) is 3.44. The number of aromatic amines is 1. The van der Waals surface area contributed by atoms with Gasteiger partial charge in [-0.15, -0.1) is 0 Å². The average molecular weight is 345 g/mol. The number of hydrogen-bond donors (Lipinski definition) is 1. The molecule has 0 radical (unpaired) electrons. The summed E-state index contributed by atoms with van der Waals surface area (Å²) in [4.78, 5) is 0. The number of halogens is 1. The molecule has 5 heteroatoms. The van der Waals surface area contributed by atoms with E-state index in [1.807, 2.05) is 10.6 Å². The molecule has 1 aromatic carbocycles. The summed E-state index contributed by atoms with van der Waals surface area (Å²) >= 11 is 7.54. The molecule has 0 unspecified atom stereocenters. The van der Waals surface area contributed by atoms with E-state index in [2.05, 4.69) is 58.8 Å². The van der Waals surface area contributed by atoms with Crippen molar-refractivity contribution >= 4 is 34.8 Å². The van der Waals surface area contributed by atoms with E-state index in [0.717, 1.165) is 17.9 Å². The summed E-state index contributed by atoms with van der Waals surface area (Å²) in [5.74, 6) is 0.917. The Hall–Kier alpha value is -0.690. The van der Waals surface area contributed by atoms with Crippen molar-refractivity contribution in [2.75, 3.05) is 0 Å². The zero-order valence-electron chi connectivity index (χ0n) is 9.12. The van der Waals surface area contributed by atoms with E-state index in [1.54, 1.807) is 0 Å². The van der Waals surface area contributed by atoms with Crippen molar-refractivity contribution in [3.63, 3.8) is 0 Å². The van der Waals surface area contributed by atoms with E-state index in [4.69, 9.17) is 12.2 Å². The standard InChI is InChI=1S/C11H12IN3S/c1-3-15-10(13-14-11(15)16)8-6-4-5-7(2)9(8)12/h4-6H,3H2,1-2H3,(H,14,16). The smallest absolute Gasteiger partial charge is 0.195 e. The highest BCUT2D eigenvalue weighted by Gasteiger charge is 2.11. The van der Waals surface area contributed by atoms with Crippen LogP contribution in [-0.2, 0) is 6.54 Å². The second kappa shape index (κ2) is 4.67. The zero-order chi connectivity index (χ0) is 11.7. The fourth-order valence-corrected chi connectivity index (χ4v) is 2.50. The second-order valence-corrected chi connectivity index (χ2v) is 5.00. The second-order valence-electron chi connectivity index (χ2n) is 3.53. The lowest BCUT2D eigenvalue weighted by Gasteiger charge is -2.07. The van der Waals surface area contributed by atoms with Crippen molar-refractivity contribution < 1.29 is 0 Å². The molecule has 0 atom stereocenters. The van der Waals surface area contributed by atoms with Crippen molar-refractivity contribution in [1.82, 2.24) is 14.8 Å². The van der Waals surface area contributed by atoms with Gasteiger partial charge in [-0.2, -0.15) is 5.10 Å². The first-order valence-corrected chi connectivity index (χ1v) is 6.54. The Morgan fingerprint density at radius 1 is 1.50 bits per heavy atom. The molecule has 16 heavy (non-hydrogen) atoms. The third kappa shape index (κ3) is 1.93. The van der Waals surface area contributed by atoms with Gasteiger partial charge in [0.2, 0.25) is 0 Å². The summed E-state index contributed by atoms with van der Waals surface area (Å²) in [6.45, 7) is 5.00. The quantitative estimate of drug-likeness (QED) is 0.667. The molecule has 1 N–H and O–H groups in total. The number of aryl methyl sites for hydroxylation is 1. The van der Waals surface area contributed by atoms with Crippen LogP contribution in [0.3, 0.4) is 0 Å². The van der Waals surface area contributed by atoms with Crippen LogP contribution in [0.5, 0.6) is 0 Å². The van der Waals surface area contributed by atoms with Crippen LogP contribution >= 0.6 is 34.8 Å². The van der Waals surface area contributed by atoms with Crippen LogP contribution in [0.2, 0.25) is 0 Å². The van der Waals surface area contributed by atoms with Gasteiger partial charge in [-0.3, -0.25) is 5.10 Å². The largest absolute Gasteiger partial charge is 0.300 e. The van der Waals surface area contributed by atoms with Gasteiger partial charge in [0.05, 0.1) is 0 Å². The van der Waals surface area contributed by atoms with Crippen molar-refractivity contribution in [2.45, 2.75) is 20.4 Å². The molecule has 0 amide bonds. The first-order chi connectivity index (χ1) is 7.65. The molecule has 1 aromatic heterocycles. The van der Waals surface area contributed by atoms with Crippen LogP contribution in [0, 0.1) is 15.3 Å². The van der Waals surface area contributed by atoms with E-state index >= 15 is 0 Å². The maximum absolute atomic E-state index is 5.19. The van der Waals surface area contributed by atoms with E-state index in [0.29, 0.717) is 4.77 Å². The van der Waals surface area contributed by atoms with Gasteiger partial charge < -0.3 is 4.57 Å². The molecule has 0 saturated carbocycles. The number of H-pyrrole nitrogens is 1. The average Bonchev–Trinajstić information content (AvgIpc) is 2.63. The highest BCUT2D eigenvalue weighted by Crippen LogP contribution is 2.26. The molecular formula is C11H12IN3S. The van der Waals surface area contributed by atoms with E-state index < -0.39 is 0 Å². The van der Waals surface area contributed by atoms with E-state index in [9.17, 15) is 0 Å². The Labute approximate surface area is 113 Å². The third-order valence-electron chi connectivity index (χ3n) is 2.51. The predicted molar refractivity (Wildman–Crippen MR) is 76.0 cm³/mol. The molecule has 1 heterocycles. The lowest BCUT2D eigenvalue weighted by Crippen LogP contribution is -1.99. The summed E-state index contributed by atoms with van der Waals surface area (Å²) in [5, 5.41) is 7.15. The fraction of sp³-hybridized carbons (Fsp3) is 0.273. The lowest BCUT2D eigenvalue weighted by atomic mass is 10.1. The zero-order valence-corrected chi connectivity index (χ0v) is 12.1. The molecule has 2 aromatic rings. The van der Waals surface area contributed by atoms with Crippen LogP contribution < -0.4 is 0 Å². The van der Waals surface area contributed by atoms with Crippen LogP contribution in [0.25, 0.3) is 11.4 Å². The van der Waals surface area contributed by atoms with Gasteiger partial charge in [-0.05, 0) is 54.2 Å². The Morgan fingerprint density at radius 3 is 2.94 bits per heavy atom. The van der Waals surface area contributed by atoms with Crippen molar-refractivity contribution in [1.29, 1.82) is 0 Å². The van der Waals surface area contributed by atoms with Gasteiger partial charge >= 0.3 is 0 Å². The third-order valence-corrected chi connectivity index (χ3v) is 4.25. The molecule has 0 aliphatic carbocycles. The van der Waals surface area contributed by atoms with Crippen molar-refractivity contribution in [2.24, 2.45) is 0 Å². The summed E-state index contributed by atoms with van der Waals surface area (Å²) in [7, 11) is 0. The minimum atomic E-state index is 0.676. The lowest BCUT2D eigenvalue weighted by molar-refractivity contribution is 0.755. The fourth-order valence-electron chi connectivity index (χ4n) is 1.64. The number of hydrogen-bond acceptors (Lipinski definition) is 2. The van der Waals surface area contributed by atoms with Gasteiger partial charge in [0.25, 0.3) is 0 Å². The van der Waals surface area contributed by atoms with Crippen LogP contribution in [0.1, 0.15) is 12.5 Å². The van der Waals surface area contributed by atoms with Crippen LogP contribution in [-0.4, -0.2) is 14.8 Å². The monoisotopic (exact) mass is 345 g/mol. The number of aromatic nitrogens is 3. The molecule has 0 fully saturated rings. The van der Waals surface area contributed by atoms with E-state index in [-0.39, 0.29) is 0 Å². The molecule has 0 bridgehead atoms. The molecular weight excluding hydrogens is 333 g/mol. The molecule has 2 rings (SSSR count). The van der Waals surface area contributed by atoms with Crippen molar-refractivity contribution in [3.05, 3.63) is 32.1 Å². The summed E-state index contributed by atoms with van der Waals surface area (Å²) in [6, 6.07) is 6.22. The van der Waals surface area contributed by atoms with Crippen LogP contribution in [0.4, 0.5) is 0 Å². The molecule has 84 valence electrons. The van der Waals surface area contributed by atoms with Crippen molar-refractivity contribution in [3.8, 4) is 11.4 Å². The van der Waals surface area contributed by atoms with Gasteiger partial charge in [-0.1, -0.05) is 18.2 Å². The maximum Gasteiger partial charge on any atom is 0.195 e. The summed E-state index contributed by atoms with van der Waals surface area (Å²) in [6.07, 6.45) is 0. The molecule has 0 saturated heterocycles. The maximum atomic E-state index is 5.19. The van der Waals surface area contributed by atoms with Gasteiger partial charge in [0.1, 0.15) is 0 Å². The number of rotatable bonds is 2. The van der Waals surface area contributed by atoms with E-state index in [1.165, 1.54) is 9.13 Å². The Morgan fingerprint density at radius 2 is 2.25 bits per heavy atom. The highest BCUT2D eigenvalue weighted by molar-refractivity contribution is 14.1. The first kappa shape index (κ1) is 11.8. The number of benzene rings is 1. The Bertz CT molecular complexity index is 571. The summed E-state index contributed by atoms with van der Waals surface area (Å²) in [5.41, 5.74) is 2.39. The number of nitrogens with zero attached hydrogens (tertiary/aromatic N) is 2. The molecule has 3 nitrogen and oxygen atoms in total. The van der Waals surface area contributed by atoms with Gasteiger partial charge in [-0.25, -0.2) is 0 Å². The minimum Gasteiger partial charge on any atom is -0.300 e. The molecule has 0 aliphatic rings. The van der Waals surface area contributed by atoms with Gasteiger partial charge in [0, 0.05) is 15.7 Å². The SMILES string of the molecule is CCn1c(-c2cccc(C)c2I)n[nH]c1=S. The van der Waals surface area contributed by atoms with Crippen LogP contribution in [0.15, 0.2) is 18.2 Å². The normalized spacial score (nSPS) is 10.7. The number of nitrogens with one attached hydrogen (secondary N) is 1. The topological polar surface area (TPSA) is 33.6 Å². The molecule has 0 aliphatic heterocycles. The minimum absolute atomic E-state index is 0.676. The predicted octanol–water partition coefficient (Wildman–Crippen LogP) is 3.54. The Balaban J connectivity index is 2.68. The summed E-state index contributed by atoms with van der Waals surface area (Å²) < 4.78 is 3.91. The van der Waals surface area contributed by atoms with Gasteiger partial charge in [0.15, 0.2) is 10.6 Å². The molecule has 0 spiro atoms. The first-order valence-electron chi connectivity index (χ1n) is 5.05. The highest BCUT2D eigenvalue weighted by atomic mass is 127.